The average molecular weight is 289 g/mol. The van der Waals surface area contributed by atoms with Crippen LogP contribution in [0.1, 0.15) is 64.5 Å². The van der Waals surface area contributed by atoms with Crippen LogP contribution in [0.15, 0.2) is 18.3 Å². The van der Waals surface area contributed by atoms with Crippen molar-refractivity contribution >= 4 is 5.97 Å². The maximum absolute atomic E-state index is 12.2. The molecule has 1 aliphatic rings. The Balaban J connectivity index is 1.78. The van der Waals surface area contributed by atoms with Gasteiger partial charge in [0.15, 0.2) is 0 Å². The summed E-state index contributed by atoms with van der Waals surface area (Å²) in [5.74, 6) is 1.40. The van der Waals surface area contributed by atoms with Gasteiger partial charge in [0.1, 0.15) is 5.75 Å². The Bertz CT molecular complexity index is 433. The van der Waals surface area contributed by atoms with Crippen molar-refractivity contribution in [3.8, 4) is 5.75 Å². The van der Waals surface area contributed by atoms with E-state index in [0.717, 1.165) is 30.9 Å². The SMILES string of the molecule is CCCC[C@H]1CC[C@H](C(=O)Oc2ccc(CC)nc2)CC1. The number of unbranched alkanes of at least 4 members (excludes halogenated alkanes) is 1. The van der Waals surface area contributed by atoms with Crippen molar-refractivity contribution in [3.05, 3.63) is 24.0 Å². The van der Waals surface area contributed by atoms with E-state index >= 15 is 0 Å². The lowest BCUT2D eigenvalue weighted by molar-refractivity contribution is -0.140. The largest absolute Gasteiger partial charge is 0.425 e. The first kappa shape index (κ1) is 16.0. The van der Waals surface area contributed by atoms with Crippen LogP contribution in [0.25, 0.3) is 0 Å². The van der Waals surface area contributed by atoms with Crippen LogP contribution >= 0.6 is 0 Å². The molecule has 0 bridgehead atoms. The second kappa shape index (κ2) is 8.16. The van der Waals surface area contributed by atoms with E-state index in [1.165, 1.54) is 32.1 Å². The van der Waals surface area contributed by atoms with E-state index in [9.17, 15) is 4.79 Å². The summed E-state index contributed by atoms with van der Waals surface area (Å²) in [4.78, 5) is 16.5. The number of hydrogen-bond donors (Lipinski definition) is 0. The lowest BCUT2D eigenvalue weighted by atomic mass is 9.80. The molecule has 1 aromatic heterocycles. The predicted octanol–water partition coefficient (Wildman–Crippen LogP) is 4.55. The van der Waals surface area contributed by atoms with Gasteiger partial charge < -0.3 is 4.74 Å². The molecule has 1 fully saturated rings. The summed E-state index contributed by atoms with van der Waals surface area (Å²) in [6.45, 7) is 4.30. The minimum Gasteiger partial charge on any atom is -0.425 e. The van der Waals surface area contributed by atoms with Gasteiger partial charge in [0.05, 0.1) is 12.1 Å². The average Bonchev–Trinajstić information content (AvgIpc) is 2.54. The Labute approximate surface area is 128 Å². The molecule has 0 N–H and O–H groups in total. The monoisotopic (exact) mass is 289 g/mol. The van der Waals surface area contributed by atoms with E-state index in [4.69, 9.17) is 4.74 Å². The zero-order valence-electron chi connectivity index (χ0n) is 13.3. The number of pyridine rings is 1. The van der Waals surface area contributed by atoms with Gasteiger partial charge in [0.25, 0.3) is 0 Å². The van der Waals surface area contributed by atoms with Crippen molar-refractivity contribution in [2.45, 2.75) is 65.2 Å². The van der Waals surface area contributed by atoms with Crippen LogP contribution in [0.2, 0.25) is 0 Å². The highest BCUT2D eigenvalue weighted by atomic mass is 16.5. The molecule has 0 aromatic carbocycles. The topological polar surface area (TPSA) is 39.2 Å². The normalized spacial score (nSPS) is 22.0. The third-order valence-corrected chi connectivity index (χ3v) is 4.52. The molecule has 2 rings (SSSR count). The molecule has 0 aliphatic heterocycles. The van der Waals surface area contributed by atoms with Crippen LogP contribution in [0.4, 0.5) is 0 Å². The minimum absolute atomic E-state index is 0.0741. The van der Waals surface area contributed by atoms with Crippen LogP contribution in [0.3, 0.4) is 0 Å². The van der Waals surface area contributed by atoms with Gasteiger partial charge in [-0.3, -0.25) is 9.78 Å². The smallest absolute Gasteiger partial charge is 0.314 e. The maximum atomic E-state index is 12.2. The van der Waals surface area contributed by atoms with Crippen molar-refractivity contribution in [2.24, 2.45) is 11.8 Å². The first-order valence-corrected chi connectivity index (χ1v) is 8.39. The van der Waals surface area contributed by atoms with Crippen molar-refractivity contribution in [1.82, 2.24) is 4.98 Å². The summed E-state index contributed by atoms with van der Waals surface area (Å²) in [7, 11) is 0. The fourth-order valence-corrected chi connectivity index (χ4v) is 3.06. The molecule has 0 atom stereocenters. The quantitative estimate of drug-likeness (QED) is 0.721. The second-order valence-corrected chi connectivity index (χ2v) is 6.12. The zero-order valence-corrected chi connectivity index (χ0v) is 13.3. The molecule has 1 aromatic rings. The standard InChI is InChI=1S/C18H27NO2/c1-3-5-6-14-7-9-15(10-8-14)18(20)21-17-12-11-16(4-2)19-13-17/h11-15H,3-10H2,1-2H3/t14-,15-. The van der Waals surface area contributed by atoms with Gasteiger partial charge in [-0.2, -0.15) is 0 Å². The minimum atomic E-state index is -0.0741. The van der Waals surface area contributed by atoms with E-state index in [-0.39, 0.29) is 11.9 Å². The number of ether oxygens (including phenoxy) is 1. The molecule has 1 aliphatic carbocycles. The lowest BCUT2D eigenvalue weighted by Crippen LogP contribution is -2.25. The Kier molecular flexibility index (Phi) is 6.21. The van der Waals surface area contributed by atoms with Crippen LogP contribution in [0.5, 0.6) is 5.75 Å². The molecule has 1 heterocycles. The number of rotatable bonds is 6. The van der Waals surface area contributed by atoms with Gasteiger partial charge in [-0.05, 0) is 50.2 Å². The first-order valence-electron chi connectivity index (χ1n) is 8.39. The summed E-state index contributed by atoms with van der Waals surface area (Å²) >= 11 is 0. The van der Waals surface area contributed by atoms with Crippen LogP contribution in [-0.4, -0.2) is 11.0 Å². The number of esters is 1. The van der Waals surface area contributed by atoms with Gasteiger partial charge in [-0.25, -0.2) is 0 Å². The van der Waals surface area contributed by atoms with Crippen LogP contribution < -0.4 is 4.74 Å². The fraction of sp³-hybridized carbons (Fsp3) is 0.667. The van der Waals surface area contributed by atoms with Gasteiger partial charge >= 0.3 is 5.97 Å². The molecule has 0 unspecified atom stereocenters. The number of aryl methyl sites for hydroxylation is 1. The molecule has 3 nitrogen and oxygen atoms in total. The Morgan fingerprint density at radius 1 is 1.24 bits per heavy atom. The number of carbonyl (C=O) groups excluding carboxylic acids is 1. The highest BCUT2D eigenvalue weighted by Gasteiger charge is 2.27. The van der Waals surface area contributed by atoms with E-state index in [1.54, 1.807) is 6.20 Å². The van der Waals surface area contributed by atoms with Crippen molar-refractivity contribution in [3.63, 3.8) is 0 Å². The molecular weight excluding hydrogens is 262 g/mol. The number of aromatic nitrogens is 1. The van der Waals surface area contributed by atoms with Gasteiger partial charge in [0.2, 0.25) is 0 Å². The summed E-state index contributed by atoms with van der Waals surface area (Å²) in [5.41, 5.74) is 1.02. The number of hydrogen-bond acceptors (Lipinski definition) is 3. The molecule has 116 valence electrons. The second-order valence-electron chi connectivity index (χ2n) is 6.12. The first-order chi connectivity index (χ1) is 10.2. The van der Waals surface area contributed by atoms with Crippen molar-refractivity contribution < 1.29 is 9.53 Å². The van der Waals surface area contributed by atoms with E-state index in [0.29, 0.717) is 5.75 Å². The fourth-order valence-electron chi connectivity index (χ4n) is 3.06. The predicted molar refractivity (Wildman–Crippen MR) is 84.2 cm³/mol. The maximum Gasteiger partial charge on any atom is 0.314 e. The van der Waals surface area contributed by atoms with Gasteiger partial charge in [0, 0.05) is 5.69 Å². The molecular formula is C18H27NO2. The summed E-state index contributed by atoms with van der Waals surface area (Å²) in [5, 5.41) is 0. The summed E-state index contributed by atoms with van der Waals surface area (Å²) in [6, 6.07) is 3.76. The lowest BCUT2D eigenvalue weighted by Gasteiger charge is -2.27. The molecule has 21 heavy (non-hydrogen) atoms. The third kappa shape index (κ3) is 4.83. The molecule has 0 saturated heterocycles. The van der Waals surface area contributed by atoms with Gasteiger partial charge in [-0.15, -0.1) is 0 Å². The molecule has 3 heteroatoms. The molecule has 1 saturated carbocycles. The summed E-state index contributed by atoms with van der Waals surface area (Å²) in [6.07, 6.45) is 10.8. The molecule has 0 amide bonds. The highest BCUT2D eigenvalue weighted by Crippen LogP contribution is 2.32. The summed E-state index contributed by atoms with van der Waals surface area (Å²) < 4.78 is 5.47. The van der Waals surface area contributed by atoms with Gasteiger partial charge in [-0.1, -0.05) is 33.1 Å². The third-order valence-electron chi connectivity index (χ3n) is 4.52. The van der Waals surface area contributed by atoms with Crippen molar-refractivity contribution in [1.29, 1.82) is 0 Å². The Morgan fingerprint density at radius 3 is 2.57 bits per heavy atom. The van der Waals surface area contributed by atoms with Crippen molar-refractivity contribution in [2.75, 3.05) is 0 Å². The Morgan fingerprint density at radius 2 is 2.00 bits per heavy atom. The molecule has 0 spiro atoms. The Hall–Kier alpha value is -1.38. The zero-order chi connectivity index (χ0) is 15.1. The van der Waals surface area contributed by atoms with E-state index < -0.39 is 0 Å². The van der Waals surface area contributed by atoms with Crippen LogP contribution in [-0.2, 0) is 11.2 Å². The van der Waals surface area contributed by atoms with E-state index in [1.807, 2.05) is 12.1 Å². The number of nitrogens with zero attached hydrogens (tertiary/aromatic N) is 1. The number of carbonyl (C=O) groups is 1. The van der Waals surface area contributed by atoms with E-state index in [2.05, 4.69) is 18.8 Å². The molecule has 0 radical (unpaired) electrons. The highest BCUT2D eigenvalue weighted by molar-refractivity contribution is 5.75. The van der Waals surface area contributed by atoms with Crippen LogP contribution in [0, 0.1) is 11.8 Å².